The highest BCUT2D eigenvalue weighted by atomic mass is 32.2. The second-order valence-corrected chi connectivity index (χ2v) is 10.8. The number of hydrogen-bond acceptors (Lipinski definition) is 5. The number of aryl methyl sites for hydroxylation is 2. The molecule has 0 bridgehead atoms. The summed E-state index contributed by atoms with van der Waals surface area (Å²) in [6, 6.07) is 19.9. The molecule has 0 aromatic heterocycles. The fourth-order valence-corrected chi connectivity index (χ4v) is 5.72. The number of rotatable bonds is 11. The first-order chi connectivity index (χ1) is 18.1. The summed E-state index contributed by atoms with van der Waals surface area (Å²) in [6.45, 7) is 5.22. The second-order valence-electron chi connectivity index (χ2n) is 8.99. The van der Waals surface area contributed by atoms with Crippen LogP contribution >= 0.6 is 0 Å². The Morgan fingerprint density at radius 3 is 2.24 bits per heavy atom. The summed E-state index contributed by atoms with van der Waals surface area (Å²) in [7, 11) is -1.20. The minimum absolute atomic E-state index is 0.0418. The molecule has 8 nitrogen and oxygen atoms in total. The molecule has 38 heavy (non-hydrogen) atoms. The fraction of sp³-hybridized carbons (Fsp3) is 0.310. The van der Waals surface area contributed by atoms with Crippen molar-refractivity contribution in [3.8, 4) is 5.75 Å². The number of carbonyl (C=O) groups excluding carboxylic acids is 2. The third kappa shape index (κ3) is 6.34. The highest BCUT2D eigenvalue weighted by molar-refractivity contribution is 7.92. The lowest BCUT2D eigenvalue weighted by Gasteiger charge is -2.33. The number of likely N-dealkylation sites (N-methyl/N-ethyl adjacent to an activating group) is 1. The summed E-state index contributed by atoms with van der Waals surface area (Å²) in [5, 5.41) is 2.63. The molecule has 0 saturated carbocycles. The average Bonchev–Trinajstić information content (AvgIpc) is 2.92. The number of carbonyl (C=O) groups is 2. The van der Waals surface area contributed by atoms with Crippen LogP contribution in [-0.4, -0.2) is 51.9 Å². The summed E-state index contributed by atoms with van der Waals surface area (Å²) in [4.78, 5) is 28.3. The monoisotopic (exact) mass is 537 g/mol. The Labute approximate surface area is 225 Å². The zero-order valence-corrected chi connectivity index (χ0v) is 23.3. The van der Waals surface area contributed by atoms with E-state index in [9.17, 15) is 18.0 Å². The molecule has 3 aromatic rings. The Kier molecular flexibility index (Phi) is 9.52. The summed E-state index contributed by atoms with van der Waals surface area (Å²) in [5.74, 6) is -0.515. The van der Waals surface area contributed by atoms with Gasteiger partial charge in [-0.15, -0.1) is 0 Å². The molecule has 0 spiro atoms. The van der Waals surface area contributed by atoms with Crippen molar-refractivity contribution < 1.29 is 22.7 Å². The number of nitrogens with zero attached hydrogens (tertiary/aromatic N) is 2. The molecule has 1 unspecified atom stereocenters. The van der Waals surface area contributed by atoms with Gasteiger partial charge in [0.1, 0.15) is 18.3 Å². The van der Waals surface area contributed by atoms with Gasteiger partial charge in [-0.3, -0.25) is 13.9 Å². The van der Waals surface area contributed by atoms with Crippen LogP contribution in [0, 0.1) is 13.8 Å². The molecule has 1 N–H and O–H groups in total. The van der Waals surface area contributed by atoms with Crippen LogP contribution in [-0.2, 0) is 26.2 Å². The molecule has 3 aromatic carbocycles. The van der Waals surface area contributed by atoms with Crippen LogP contribution in [0.25, 0.3) is 0 Å². The zero-order valence-electron chi connectivity index (χ0n) is 22.5. The molecule has 3 rings (SSSR count). The minimum Gasteiger partial charge on any atom is -0.495 e. The summed E-state index contributed by atoms with van der Waals surface area (Å²) < 4.78 is 34.4. The van der Waals surface area contributed by atoms with Crippen molar-refractivity contribution in [1.29, 1.82) is 0 Å². The predicted octanol–water partition coefficient (Wildman–Crippen LogP) is 4.06. The van der Waals surface area contributed by atoms with Crippen molar-refractivity contribution in [3.63, 3.8) is 0 Å². The van der Waals surface area contributed by atoms with Gasteiger partial charge in [-0.2, -0.15) is 0 Å². The quantitative estimate of drug-likeness (QED) is 0.398. The van der Waals surface area contributed by atoms with Crippen LogP contribution in [0.1, 0.15) is 30.0 Å². The SMILES string of the molecule is CCC(C(=O)NC)N(Cc1ccccc1C)C(=O)CN(c1cc(C)ccc1OC)S(=O)(=O)c1ccccc1. The maximum atomic E-state index is 14.0. The third-order valence-electron chi connectivity index (χ3n) is 6.45. The molecule has 1 atom stereocenters. The van der Waals surface area contributed by atoms with Crippen LogP contribution in [0.15, 0.2) is 77.7 Å². The average molecular weight is 538 g/mol. The smallest absolute Gasteiger partial charge is 0.264 e. The van der Waals surface area contributed by atoms with E-state index in [0.717, 1.165) is 21.0 Å². The highest BCUT2D eigenvalue weighted by Gasteiger charge is 2.34. The van der Waals surface area contributed by atoms with Crippen molar-refractivity contribution in [2.45, 2.75) is 44.7 Å². The molecule has 0 fully saturated rings. The normalized spacial score (nSPS) is 11.9. The highest BCUT2D eigenvalue weighted by Crippen LogP contribution is 2.33. The van der Waals surface area contributed by atoms with Gasteiger partial charge in [-0.1, -0.05) is 55.5 Å². The van der Waals surface area contributed by atoms with E-state index in [2.05, 4.69) is 5.32 Å². The lowest BCUT2D eigenvalue weighted by molar-refractivity contribution is -0.140. The van der Waals surface area contributed by atoms with Crippen molar-refractivity contribution in [2.75, 3.05) is 25.0 Å². The van der Waals surface area contributed by atoms with Gasteiger partial charge in [0.05, 0.1) is 17.7 Å². The molecule has 0 aliphatic rings. The topological polar surface area (TPSA) is 96.0 Å². The van der Waals surface area contributed by atoms with Crippen molar-refractivity contribution in [3.05, 3.63) is 89.5 Å². The first kappa shape index (κ1) is 28.7. The lowest BCUT2D eigenvalue weighted by Crippen LogP contribution is -2.51. The van der Waals surface area contributed by atoms with E-state index in [4.69, 9.17) is 4.74 Å². The number of nitrogens with one attached hydrogen (secondary N) is 1. The summed E-state index contributed by atoms with van der Waals surface area (Å²) >= 11 is 0. The summed E-state index contributed by atoms with van der Waals surface area (Å²) in [5.41, 5.74) is 2.88. The molecule has 202 valence electrons. The van der Waals surface area contributed by atoms with Gasteiger partial charge in [-0.05, 0) is 61.2 Å². The Morgan fingerprint density at radius 1 is 0.974 bits per heavy atom. The number of ether oxygens (including phenoxy) is 1. The molecular weight excluding hydrogens is 502 g/mol. The largest absolute Gasteiger partial charge is 0.495 e. The van der Waals surface area contributed by atoms with E-state index in [-0.39, 0.29) is 23.0 Å². The van der Waals surface area contributed by atoms with Crippen molar-refractivity contribution >= 4 is 27.5 Å². The van der Waals surface area contributed by atoms with Gasteiger partial charge < -0.3 is 15.0 Å². The first-order valence-corrected chi connectivity index (χ1v) is 13.9. The number of hydrogen-bond donors (Lipinski definition) is 1. The molecule has 9 heteroatoms. The molecule has 2 amide bonds. The van der Waals surface area contributed by atoms with E-state index in [0.29, 0.717) is 12.2 Å². The summed E-state index contributed by atoms with van der Waals surface area (Å²) in [6.07, 6.45) is 0.358. The Bertz CT molecular complexity index is 1380. The van der Waals surface area contributed by atoms with E-state index in [1.54, 1.807) is 36.4 Å². The third-order valence-corrected chi connectivity index (χ3v) is 8.22. The number of amides is 2. The van der Waals surface area contributed by atoms with Crippen LogP contribution < -0.4 is 14.4 Å². The predicted molar refractivity (Wildman–Crippen MR) is 149 cm³/mol. The Morgan fingerprint density at radius 2 is 1.63 bits per heavy atom. The maximum absolute atomic E-state index is 14.0. The molecule has 0 aliphatic carbocycles. The standard InChI is InChI=1S/C29H35N3O5S/c1-6-25(29(34)30-4)31(19-23-13-11-10-12-22(23)3)28(33)20-32(26-18-21(2)16-17-27(26)37-5)38(35,36)24-14-8-7-9-15-24/h7-18,25H,6,19-20H2,1-5H3,(H,30,34). The molecule has 0 aliphatic heterocycles. The first-order valence-electron chi connectivity index (χ1n) is 12.4. The minimum atomic E-state index is -4.17. The van der Waals surface area contributed by atoms with Gasteiger partial charge in [-0.25, -0.2) is 8.42 Å². The van der Waals surface area contributed by atoms with Gasteiger partial charge >= 0.3 is 0 Å². The number of sulfonamides is 1. The van der Waals surface area contributed by atoms with Gasteiger partial charge in [0.15, 0.2) is 0 Å². The fourth-order valence-electron chi connectivity index (χ4n) is 4.29. The van der Waals surface area contributed by atoms with Crippen LogP contribution in [0.2, 0.25) is 0 Å². The van der Waals surface area contributed by atoms with Gasteiger partial charge in [0.2, 0.25) is 11.8 Å². The lowest BCUT2D eigenvalue weighted by atomic mass is 10.1. The number of methoxy groups -OCH3 is 1. The van der Waals surface area contributed by atoms with Gasteiger partial charge in [0, 0.05) is 13.6 Å². The molecular formula is C29H35N3O5S. The molecule has 0 radical (unpaired) electrons. The van der Waals surface area contributed by atoms with E-state index >= 15 is 0 Å². The van der Waals surface area contributed by atoms with E-state index in [1.807, 2.05) is 45.0 Å². The van der Waals surface area contributed by atoms with Crippen molar-refractivity contribution in [1.82, 2.24) is 10.2 Å². The van der Waals surface area contributed by atoms with Crippen LogP contribution in [0.4, 0.5) is 5.69 Å². The second kappa shape index (κ2) is 12.6. The van der Waals surface area contributed by atoms with Gasteiger partial charge in [0.25, 0.3) is 10.0 Å². The van der Waals surface area contributed by atoms with Crippen LogP contribution in [0.5, 0.6) is 5.75 Å². The van der Waals surface area contributed by atoms with Crippen LogP contribution in [0.3, 0.4) is 0 Å². The Balaban J connectivity index is 2.13. The molecule has 0 heterocycles. The number of benzene rings is 3. The van der Waals surface area contributed by atoms with Crippen molar-refractivity contribution in [2.24, 2.45) is 0 Å². The zero-order chi connectivity index (χ0) is 27.9. The maximum Gasteiger partial charge on any atom is 0.264 e. The van der Waals surface area contributed by atoms with E-state index < -0.39 is 28.5 Å². The number of anilines is 1. The van der Waals surface area contributed by atoms with E-state index in [1.165, 1.54) is 31.2 Å². The Hall–Kier alpha value is -3.85. The molecule has 0 saturated heterocycles.